The molecule has 0 aliphatic heterocycles. The van der Waals surface area contributed by atoms with Gasteiger partial charge < -0.3 is 9.47 Å². The maximum absolute atomic E-state index is 12.8. The van der Waals surface area contributed by atoms with Crippen LogP contribution in [0.5, 0.6) is 0 Å². The Morgan fingerprint density at radius 2 is 2.30 bits per heavy atom. The average Bonchev–Trinajstić information content (AvgIpc) is 3.19. The summed E-state index contributed by atoms with van der Waals surface area (Å²) in [6.45, 7) is 6.29. The molecule has 0 saturated carbocycles. The van der Waals surface area contributed by atoms with Crippen LogP contribution in [0.1, 0.15) is 71.8 Å². The Morgan fingerprint density at radius 1 is 1.52 bits per heavy atom. The van der Waals surface area contributed by atoms with Crippen molar-refractivity contribution in [3.63, 3.8) is 0 Å². The van der Waals surface area contributed by atoms with E-state index in [-0.39, 0.29) is 11.9 Å². The first kappa shape index (κ1) is 16.2. The number of hydrogen-bond acceptors (Lipinski definition) is 4. The number of fused-ring (bicyclic) bond motifs is 1. The molecule has 23 heavy (non-hydrogen) atoms. The molecule has 124 valence electrons. The van der Waals surface area contributed by atoms with Gasteiger partial charge in [-0.3, -0.25) is 4.79 Å². The number of rotatable bonds is 4. The number of nitrogens with zero attached hydrogens (tertiary/aromatic N) is 4. The summed E-state index contributed by atoms with van der Waals surface area (Å²) in [6, 6.07) is 0.442. The zero-order chi connectivity index (χ0) is 16.6. The van der Waals surface area contributed by atoms with E-state index >= 15 is 0 Å². The summed E-state index contributed by atoms with van der Waals surface area (Å²) in [5.41, 5.74) is 1.71. The first-order valence-electron chi connectivity index (χ1n) is 8.30. The number of carbonyl (C=O) groups is 1. The highest BCUT2D eigenvalue weighted by molar-refractivity contribution is 7.11. The molecule has 0 N–H and O–H groups in total. The van der Waals surface area contributed by atoms with Crippen LogP contribution in [0.3, 0.4) is 0 Å². The number of aromatic nitrogens is 3. The lowest BCUT2D eigenvalue weighted by Crippen LogP contribution is -2.33. The SMILES string of the molecule is CCc1nc2c(s1)C(N(C)C(=O)c1cn(C(C)C)cn1)CCC2. The van der Waals surface area contributed by atoms with Crippen molar-refractivity contribution in [1.29, 1.82) is 0 Å². The van der Waals surface area contributed by atoms with Crippen molar-refractivity contribution in [1.82, 2.24) is 19.4 Å². The Morgan fingerprint density at radius 3 is 2.96 bits per heavy atom. The molecule has 1 aliphatic carbocycles. The lowest BCUT2D eigenvalue weighted by molar-refractivity contribution is 0.0712. The molecule has 2 aromatic heterocycles. The van der Waals surface area contributed by atoms with Gasteiger partial charge in [0.2, 0.25) is 0 Å². The predicted octanol–water partition coefficient (Wildman–Crippen LogP) is 3.63. The second-order valence-electron chi connectivity index (χ2n) is 6.40. The number of carbonyl (C=O) groups excluding carboxylic acids is 1. The molecule has 6 heteroatoms. The molecule has 0 radical (unpaired) electrons. The van der Waals surface area contributed by atoms with Gasteiger partial charge in [0.05, 0.1) is 27.9 Å². The van der Waals surface area contributed by atoms with E-state index in [2.05, 4.69) is 25.8 Å². The topological polar surface area (TPSA) is 51.0 Å². The van der Waals surface area contributed by atoms with Crippen LogP contribution in [0.15, 0.2) is 12.5 Å². The monoisotopic (exact) mass is 332 g/mol. The normalized spacial score (nSPS) is 17.3. The van der Waals surface area contributed by atoms with Gasteiger partial charge in [-0.25, -0.2) is 9.97 Å². The summed E-state index contributed by atoms with van der Waals surface area (Å²) >= 11 is 1.76. The molecular formula is C17H24N4OS. The van der Waals surface area contributed by atoms with Gasteiger partial charge in [0.25, 0.3) is 5.91 Å². The van der Waals surface area contributed by atoms with Gasteiger partial charge in [-0.1, -0.05) is 6.92 Å². The summed E-state index contributed by atoms with van der Waals surface area (Å²) in [5, 5.41) is 1.17. The van der Waals surface area contributed by atoms with E-state index < -0.39 is 0 Å². The minimum Gasteiger partial charge on any atom is -0.334 e. The molecule has 1 atom stereocenters. The Hall–Kier alpha value is -1.69. The second kappa shape index (κ2) is 6.43. The molecule has 2 aromatic rings. The lowest BCUT2D eigenvalue weighted by Gasteiger charge is -2.30. The number of amides is 1. The van der Waals surface area contributed by atoms with Crippen molar-refractivity contribution >= 4 is 17.2 Å². The van der Waals surface area contributed by atoms with Crippen LogP contribution in [0.2, 0.25) is 0 Å². The number of aryl methyl sites for hydroxylation is 2. The minimum atomic E-state index is -0.00583. The van der Waals surface area contributed by atoms with Crippen LogP contribution in [-0.2, 0) is 12.8 Å². The molecule has 0 bridgehead atoms. The van der Waals surface area contributed by atoms with Crippen molar-refractivity contribution < 1.29 is 4.79 Å². The summed E-state index contributed by atoms with van der Waals surface area (Å²) in [4.78, 5) is 24.9. The highest BCUT2D eigenvalue weighted by atomic mass is 32.1. The maximum Gasteiger partial charge on any atom is 0.274 e. The number of imidazole rings is 1. The van der Waals surface area contributed by atoms with Crippen LogP contribution in [0.25, 0.3) is 0 Å². The van der Waals surface area contributed by atoms with Gasteiger partial charge in [-0.05, 0) is 39.5 Å². The fourth-order valence-corrected chi connectivity index (χ4v) is 4.25. The van der Waals surface area contributed by atoms with Crippen LogP contribution >= 0.6 is 11.3 Å². The summed E-state index contributed by atoms with van der Waals surface area (Å²) in [6.07, 6.45) is 7.67. The zero-order valence-corrected chi connectivity index (χ0v) is 15.1. The Balaban J connectivity index is 1.84. The van der Waals surface area contributed by atoms with Crippen molar-refractivity contribution in [2.75, 3.05) is 7.05 Å². The molecule has 1 unspecified atom stereocenters. The highest BCUT2D eigenvalue weighted by Gasteiger charge is 2.31. The third kappa shape index (κ3) is 3.04. The summed E-state index contributed by atoms with van der Waals surface area (Å²) in [5.74, 6) is -0.00583. The molecule has 1 amide bonds. The summed E-state index contributed by atoms with van der Waals surface area (Å²) < 4.78 is 1.97. The zero-order valence-electron chi connectivity index (χ0n) is 14.2. The summed E-state index contributed by atoms with van der Waals surface area (Å²) in [7, 11) is 1.89. The van der Waals surface area contributed by atoms with E-state index in [1.807, 2.05) is 22.7 Å². The van der Waals surface area contributed by atoms with E-state index in [0.717, 1.165) is 25.7 Å². The van der Waals surface area contributed by atoms with Crippen molar-refractivity contribution in [3.8, 4) is 0 Å². The number of thiazole rings is 1. The van der Waals surface area contributed by atoms with E-state index in [1.165, 1.54) is 15.6 Å². The smallest absolute Gasteiger partial charge is 0.274 e. The lowest BCUT2D eigenvalue weighted by atomic mass is 9.97. The minimum absolute atomic E-state index is 0.00583. The molecule has 3 rings (SSSR count). The van der Waals surface area contributed by atoms with Gasteiger partial charge in [-0.2, -0.15) is 0 Å². The van der Waals surface area contributed by atoms with Crippen molar-refractivity contribution in [3.05, 3.63) is 33.8 Å². The average molecular weight is 332 g/mol. The van der Waals surface area contributed by atoms with Crippen LogP contribution in [-0.4, -0.2) is 32.4 Å². The first-order chi connectivity index (χ1) is 11.0. The first-order valence-corrected chi connectivity index (χ1v) is 9.12. The van der Waals surface area contributed by atoms with Crippen LogP contribution < -0.4 is 0 Å². The quantitative estimate of drug-likeness (QED) is 0.859. The fourth-order valence-electron chi connectivity index (χ4n) is 3.02. The largest absolute Gasteiger partial charge is 0.334 e. The predicted molar refractivity (Wildman–Crippen MR) is 91.9 cm³/mol. The van der Waals surface area contributed by atoms with E-state index in [1.54, 1.807) is 17.7 Å². The highest BCUT2D eigenvalue weighted by Crippen LogP contribution is 2.38. The van der Waals surface area contributed by atoms with E-state index in [4.69, 9.17) is 4.98 Å². The van der Waals surface area contributed by atoms with E-state index in [0.29, 0.717) is 11.7 Å². The van der Waals surface area contributed by atoms with Gasteiger partial charge in [-0.15, -0.1) is 11.3 Å². The molecule has 5 nitrogen and oxygen atoms in total. The third-order valence-electron chi connectivity index (χ3n) is 4.47. The molecule has 0 spiro atoms. The third-order valence-corrected chi connectivity index (χ3v) is 5.82. The van der Waals surface area contributed by atoms with Gasteiger partial charge in [0.15, 0.2) is 0 Å². The van der Waals surface area contributed by atoms with Crippen LogP contribution in [0.4, 0.5) is 0 Å². The molecular weight excluding hydrogens is 308 g/mol. The molecule has 0 fully saturated rings. The maximum atomic E-state index is 12.8. The van der Waals surface area contributed by atoms with Crippen molar-refractivity contribution in [2.24, 2.45) is 0 Å². The molecule has 0 aromatic carbocycles. The molecule has 0 saturated heterocycles. The fraction of sp³-hybridized carbons (Fsp3) is 0.588. The second-order valence-corrected chi connectivity index (χ2v) is 7.51. The van der Waals surface area contributed by atoms with Gasteiger partial charge in [0, 0.05) is 19.3 Å². The number of hydrogen-bond donors (Lipinski definition) is 0. The Labute approximate surface area is 141 Å². The Kier molecular flexibility index (Phi) is 4.53. The van der Waals surface area contributed by atoms with Gasteiger partial charge >= 0.3 is 0 Å². The van der Waals surface area contributed by atoms with Crippen LogP contribution in [0, 0.1) is 0 Å². The van der Waals surface area contributed by atoms with Crippen molar-refractivity contribution in [2.45, 2.75) is 58.5 Å². The molecule has 1 aliphatic rings. The standard InChI is InChI=1S/C17H24N4OS/c1-5-15-19-12-7-6-8-14(16(12)23-15)20(4)17(22)13-9-21(10-18-13)11(2)3/h9-11,14H,5-8H2,1-4H3. The molecule has 2 heterocycles. The van der Waals surface area contributed by atoms with E-state index in [9.17, 15) is 4.79 Å². The van der Waals surface area contributed by atoms with Gasteiger partial charge in [0.1, 0.15) is 5.69 Å². The Bertz CT molecular complexity index is 703.